The Morgan fingerprint density at radius 2 is 2.07 bits per heavy atom. The van der Waals surface area contributed by atoms with E-state index in [0.29, 0.717) is 5.84 Å². The lowest BCUT2D eigenvalue weighted by atomic mass is 10.2. The van der Waals surface area contributed by atoms with Gasteiger partial charge in [-0.3, -0.25) is 0 Å². The molecule has 0 fully saturated rings. The van der Waals surface area contributed by atoms with Gasteiger partial charge in [0.2, 0.25) is 0 Å². The van der Waals surface area contributed by atoms with Gasteiger partial charge in [-0.1, -0.05) is 42.1 Å². The highest BCUT2D eigenvalue weighted by Crippen LogP contribution is 2.38. The first-order valence-corrected chi connectivity index (χ1v) is 6.01. The third-order valence-electron chi connectivity index (χ3n) is 1.91. The van der Waals surface area contributed by atoms with Crippen molar-refractivity contribution in [1.82, 2.24) is 0 Å². The van der Waals surface area contributed by atoms with Crippen molar-refractivity contribution in [3.05, 3.63) is 35.9 Å². The minimum atomic E-state index is -0.722. The van der Waals surface area contributed by atoms with Crippen LogP contribution in [0.3, 0.4) is 0 Å². The molecule has 0 N–H and O–H groups in total. The van der Waals surface area contributed by atoms with Crippen molar-refractivity contribution in [2.45, 2.75) is 17.0 Å². The summed E-state index contributed by atoms with van der Waals surface area (Å²) in [5, 5.41) is 7.89. The molecule has 0 spiro atoms. The van der Waals surface area contributed by atoms with E-state index >= 15 is 0 Å². The Bertz CT molecular complexity index is 402. The maximum atomic E-state index is 4.39. The smallest absolute Gasteiger partial charge is 0.217 e. The molecule has 0 aromatic heterocycles. The van der Waals surface area contributed by atoms with Gasteiger partial charge in [-0.05, 0) is 12.5 Å². The van der Waals surface area contributed by atoms with Crippen LogP contribution in [0.1, 0.15) is 12.5 Å². The van der Waals surface area contributed by atoms with Gasteiger partial charge >= 0.3 is 0 Å². The molecule has 1 aliphatic heterocycles. The maximum absolute atomic E-state index is 4.39. The van der Waals surface area contributed by atoms with Crippen molar-refractivity contribution in [3.63, 3.8) is 0 Å². The number of thioether (sulfide) groups is 1. The van der Waals surface area contributed by atoms with Gasteiger partial charge < -0.3 is 0 Å². The van der Waals surface area contributed by atoms with Crippen molar-refractivity contribution < 1.29 is 0 Å². The number of nitrogens with zero attached hydrogens (tertiary/aromatic N) is 3. The molecule has 15 heavy (non-hydrogen) atoms. The fourth-order valence-corrected chi connectivity index (χ4v) is 2.44. The summed E-state index contributed by atoms with van der Waals surface area (Å²) in [6, 6.07) is 10.2. The third-order valence-corrected chi connectivity index (χ3v) is 3.52. The normalized spacial score (nSPS) is 24.3. The molecule has 1 aromatic carbocycles. The third kappa shape index (κ3) is 2.82. The number of thiol groups is 1. The van der Waals surface area contributed by atoms with Gasteiger partial charge in [0.05, 0.1) is 0 Å². The van der Waals surface area contributed by atoms with Crippen LogP contribution in [0.5, 0.6) is 0 Å². The molecule has 1 atom stereocenters. The second-order valence-electron chi connectivity index (χ2n) is 3.21. The van der Waals surface area contributed by atoms with Crippen molar-refractivity contribution in [2.24, 2.45) is 15.2 Å². The van der Waals surface area contributed by atoms with Crippen LogP contribution in [0.2, 0.25) is 0 Å². The first-order valence-electron chi connectivity index (χ1n) is 4.58. The van der Waals surface area contributed by atoms with Crippen molar-refractivity contribution >= 4 is 30.2 Å². The summed E-state index contributed by atoms with van der Waals surface area (Å²) >= 11 is 5.95. The van der Waals surface area contributed by atoms with E-state index < -0.39 is 4.33 Å². The molecule has 5 heteroatoms. The maximum Gasteiger partial charge on any atom is 0.264 e. The van der Waals surface area contributed by atoms with Gasteiger partial charge in [0.1, 0.15) is 5.84 Å². The zero-order valence-electron chi connectivity index (χ0n) is 8.29. The molecule has 0 aliphatic carbocycles. The Labute approximate surface area is 98.5 Å². The Morgan fingerprint density at radius 3 is 2.67 bits per heavy atom. The monoisotopic (exact) mass is 237 g/mol. The molecular weight excluding hydrogens is 226 g/mol. The quantitative estimate of drug-likeness (QED) is 0.635. The minimum absolute atomic E-state index is 0.686. The molecule has 1 aliphatic rings. The highest BCUT2D eigenvalue weighted by molar-refractivity contribution is 8.11. The van der Waals surface area contributed by atoms with Gasteiger partial charge in [0.25, 0.3) is 4.33 Å². The highest BCUT2D eigenvalue weighted by Gasteiger charge is 2.28. The van der Waals surface area contributed by atoms with Gasteiger partial charge in [-0.15, -0.1) is 22.9 Å². The van der Waals surface area contributed by atoms with Crippen molar-refractivity contribution in [3.8, 4) is 0 Å². The van der Waals surface area contributed by atoms with Gasteiger partial charge in [0, 0.05) is 5.75 Å². The molecule has 1 aromatic rings. The predicted molar refractivity (Wildman–Crippen MR) is 67.4 cm³/mol. The van der Waals surface area contributed by atoms with Crippen LogP contribution in [0.25, 0.3) is 0 Å². The first kappa shape index (κ1) is 10.7. The van der Waals surface area contributed by atoms with Crippen LogP contribution in [-0.2, 0) is 5.75 Å². The molecule has 78 valence electrons. The molecule has 0 radical (unpaired) electrons. The SMILES string of the molecule is CC1=NC(S)(SCc2ccccc2)N=N1. The summed E-state index contributed by atoms with van der Waals surface area (Å²) in [7, 11) is 0. The number of hydrogen-bond donors (Lipinski definition) is 1. The first-order chi connectivity index (χ1) is 7.18. The average molecular weight is 237 g/mol. The summed E-state index contributed by atoms with van der Waals surface area (Å²) in [4.78, 5) is 4.25. The van der Waals surface area contributed by atoms with E-state index in [1.165, 1.54) is 5.56 Å². The van der Waals surface area contributed by atoms with Crippen LogP contribution < -0.4 is 0 Å². The lowest BCUT2D eigenvalue weighted by Gasteiger charge is -2.13. The number of benzene rings is 1. The molecular formula is C10H11N3S2. The second kappa shape index (κ2) is 4.37. The van der Waals surface area contributed by atoms with Gasteiger partial charge in [-0.25, -0.2) is 4.99 Å². The van der Waals surface area contributed by atoms with E-state index in [9.17, 15) is 0 Å². The zero-order chi connectivity index (χ0) is 10.7. The predicted octanol–water partition coefficient (Wildman–Crippen LogP) is 3.35. The van der Waals surface area contributed by atoms with Crippen LogP contribution in [0.4, 0.5) is 0 Å². The largest absolute Gasteiger partial charge is 0.264 e. The van der Waals surface area contributed by atoms with Gasteiger partial charge in [0.15, 0.2) is 0 Å². The molecule has 0 saturated heterocycles. The zero-order valence-corrected chi connectivity index (χ0v) is 10.0. The summed E-state index contributed by atoms with van der Waals surface area (Å²) in [5.41, 5.74) is 1.24. The summed E-state index contributed by atoms with van der Waals surface area (Å²) < 4.78 is -0.722. The lowest BCUT2D eigenvalue weighted by Crippen LogP contribution is -2.06. The molecule has 1 unspecified atom stereocenters. The van der Waals surface area contributed by atoms with Crippen LogP contribution in [-0.4, -0.2) is 10.2 Å². The minimum Gasteiger partial charge on any atom is -0.217 e. The number of aliphatic imine (C=N–C) groups is 1. The van der Waals surface area contributed by atoms with E-state index in [-0.39, 0.29) is 0 Å². The average Bonchev–Trinajstić information content (AvgIpc) is 2.58. The lowest BCUT2D eigenvalue weighted by molar-refractivity contribution is 0.909. The molecule has 3 nitrogen and oxygen atoms in total. The Kier molecular flexibility index (Phi) is 3.11. The summed E-state index contributed by atoms with van der Waals surface area (Å²) in [6.07, 6.45) is 0. The number of amidine groups is 1. The molecule has 0 bridgehead atoms. The van der Waals surface area contributed by atoms with Crippen LogP contribution in [0.15, 0.2) is 45.6 Å². The number of rotatable bonds is 3. The van der Waals surface area contributed by atoms with Crippen LogP contribution >= 0.6 is 24.4 Å². The van der Waals surface area contributed by atoms with Crippen LogP contribution in [0, 0.1) is 0 Å². The second-order valence-corrected chi connectivity index (χ2v) is 5.28. The Morgan fingerprint density at radius 1 is 1.33 bits per heavy atom. The topological polar surface area (TPSA) is 37.1 Å². The standard InChI is InChI=1S/C10H11N3S2/c1-8-11-10(14,13-12-8)15-7-9-5-3-2-4-6-9/h2-6,14H,7H2,1H3. The van der Waals surface area contributed by atoms with Gasteiger partial charge in [-0.2, -0.15) is 0 Å². The highest BCUT2D eigenvalue weighted by atomic mass is 32.2. The summed E-state index contributed by atoms with van der Waals surface area (Å²) in [5.74, 6) is 1.52. The van der Waals surface area contributed by atoms with E-state index in [0.717, 1.165) is 5.75 Å². The molecule has 0 amide bonds. The van der Waals surface area contributed by atoms with E-state index in [4.69, 9.17) is 0 Å². The Hall–Kier alpha value is -0.810. The number of hydrogen-bond acceptors (Lipinski definition) is 5. The molecule has 2 rings (SSSR count). The Balaban J connectivity index is 1.98. The van der Waals surface area contributed by atoms with E-state index in [2.05, 4.69) is 40.0 Å². The number of azo groups is 1. The summed E-state index contributed by atoms with van der Waals surface area (Å²) in [6.45, 7) is 1.82. The molecule has 1 heterocycles. The van der Waals surface area contributed by atoms with Crippen molar-refractivity contribution in [1.29, 1.82) is 0 Å². The van der Waals surface area contributed by atoms with E-state index in [1.54, 1.807) is 11.8 Å². The van der Waals surface area contributed by atoms with Crippen molar-refractivity contribution in [2.75, 3.05) is 0 Å². The van der Waals surface area contributed by atoms with E-state index in [1.807, 2.05) is 25.1 Å². The molecule has 0 saturated carbocycles. The fourth-order valence-electron chi connectivity index (χ4n) is 1.21. The fraction of sp³-hybridized carbons (Fsp3) is 0.300.